The monoisotopic (exact) mass is 455 g/mol. The Balaban J connectivity index is 1.59. The summed E-state index contributed by atoms with van der Waals surface area (Å²) in [5.41, 5.74) is 2.17. The minimum absolute atomic E-state index is 0.0721. The summed E-state index contributed by atoms with van der Waals surface area (Å²) in [7, 11) is 0. The Morgan fingerprint density at radius 2 is 1.84 bits per heavy atom. The van der Waals surface area contributed by atoms with Crippen LogP contribution in [0, 0.1) is 0 Å². The molecule has 1 aliphatic rings. The largest absolute Gasteiger partial charge is 0.491 e. The first-order chi connectivity index (χ1) is 14.9. The van der Waals surface area contributed by atoms with Crippen molar-refractivity contribution in [3.63, 3.8) is 0 Å². The van der Waals surface area contributed by atoms with Gasteiger partial charge in [0.1, 0.15) is 11.6 Å². The van der Waals surface area contributed by atoms with Gasteiger partial charge in [-0.25, -0.2) is 4.98 Å². The van der Waals surface area contributed by atoms with E-state index in [1.165, 1.54) is 11.8 Å². The van der Waals surface area contributed by atoms with Crippen molar-refractivity contribution in [2.45, 2.75) is 43.2 Å². The quantitative estimate of drug-likeness (QED) is 0.404. The summed E-state index contributed by atoms with van der Waals surface area (Å²) in [6.45, 7) is 3.92. The Bertz CT molecular complexity index is 1140. The molecule has 31 heavy (non-hydrogen) atoms. The van der Waals surface area contributed by atoms with E-state index in [1.54, 1.807) is 0 Å². The van der Waals surface area contributed by atoms with E-state index < -0.39 is 0 Å². The van der Waals surface area contributed by atoms with Gasteiger partial charge in [0.15, 0.2) is 5.16 Å². The molecule has 1 amide bonds. The average Bonchev–Trinajstić information content (AvgIpc) is 2.72. The van der Waals surface area contributed by atoms with Crippen LogP contribution in [0.1, 0.15) is 42.9 Å². The van der Waals surface area contributed by atoms with E-state index in [-0.39, 0.29) is 29.9 Å². The summed E-state index contributed by atoms with van der Waals surface area (Å²) in [5.74, 6) is 1.18. The number of aromatic amines is 1. The summed E-state index contributed by atoms with van der Waals surface area (Å²) < 4.78 is 5.69. The van der Waals surface area contributed by atoms with Crippen molar-refractivity contribution in [2.75, 3.05) is 5.32 Å². The maximum atomic E-state index is 12.9. The Kier molecular flexibility index (Phi) is 6.34. The fourth-order valence-electron chi connectivity index (χ4n) is 3.49. The maximum absolute atomic E-state index is 12.9. The van der Waals surface area contributed by atoms with Gasteiger partial charge < -0.3 is 15.0 Å². The van der Waals surface area contributed by atoms with Crippen LogP contribution in [0.25, 0.3) is 0 Å². The number of anilines is 1. The lowest BCUT2D eigenvalue weighted by Crippen LogP contribution is -2.31. The lowest BCUT2D eigenvalue weighted by Gasteiger charge is -2.24. The third-order valence-corrected chi connectivity index (χ3v) is 6.07. The van der Waals surface area contributed by atoms with Gasteiger partial charge in [-0.15, -0.1) is 0 Å². The van der Waals surface area contributed by atoms with Crippen molar-refractivity contribution in [1.29, 1.82) is 0 Å². The number of carbonyl (C=O) groups is 1. The molecule has 1 atom stereocenters. The molecule has 0 fully saturated rings. The molecule has 2 heterocycles. The van der Waals surface area contributed by atoms with Crippen molar-refractivity contribution in [2.24, 2.45) is 0 Å². The van der Waals surface area contributed by atoms with Crippen LogP contribution in [0.15, 0.2) is 58.5 Å². The Labute approximate surface area is 189 Å². The molecular formula is C23H22ClN3O3S. The molecule has 2 N–H and O–H groups in total. The Hall–Kier alpha value is -2.77. The van der Waals surface area contributed by atoms with Gasteiger partial charge >= 0.3 is 0 Å². The van der Waals surface area contributed by atoms with Crippen LogP contribution >= 0.6 is 23.4 Å². The number of hydrogen-bond donors (Lipinski definition) is 2. The Morgan fingerprint density at radius 3 is 2.52 bits per heavy atom. The van der Waals surface area contributed by atoms with Crippen molar-refractivity contribution in [1.82, 2.24) is 9.97 Å². The molecule has 0 unspecified atom stereocenters. The standard InChI is InChI=1S/C23H22ClN3O3S/c1-13(2)30-17-9-5-15(6-10-17)18-11-19(28)25-21-20(18)22(29)27-23(26-21)31-12-14-3-7-16(24)8-4-14/h3-10,13,18H,11-12H2,1-2H3,(H2,25,26,27,28,29)/t18-/m0/s1. The number of amides is 1. The summed E-state index contributed by atoms with van der Waals surface area (Å²) in [6, 6.07) is 15.0. The highest BCUT2D eigenvalue weighted by Gasteiger charge is 2.31. The van der Waals surface area contributed by atoms with Crippen LogP contribution in [0.4, 0.5) is 5.82 Å². The second kappa shape index (κ2) is 9.16. The smallest absolute Gasteiger partial charge is 0.257 e. The first kappa shape index (κ1) is 21.5. The number of hydrogen-bond acceptors (Lipinski definition) is 5. The van der Waals surface area contributed by atoms with Crippen molar-refractivity contribution in [3.05, 3.63) is 80.6 Å². The van der Waals surface area contributed by atoms with Crippen LogP contribution in [-0.2, 0) is 10.5 Å². The summed E-state index contributed by atoms with van der Waals surface area (Å²) in [4.78, 5) is 32.7. The second-order valence-corrected chi connectivity index (χ2v) is 8.99. The number of rotatable bonds is 6. The third kappa shape index (κ3) is 5.11. The minimum atomic E-state index is -0.358. The predicted molar refractivity (Wildman–Crippen MR) is 123 cm³/mol. The molecule has 0 saturated carbocycles. The Morgan fingerprint density at radius 1 is 1.13 bits per heavy atom. The van der Waals surface area contributed by atoms with Gasteiger partial charge in [-0.2, -0.15) is 0 Å². The molecule has 160 valence electrons. The van der Waals surface area contributed by atoms with Crippen LogP contribution in [0.2, 0.25) is 5.02 Å². The fraction of sp³-hybridized carbons (Fsp3) is 0.261. The molecule has 0 bridgehead atoms. The summed E-state index contributed by atoms with van der Waals surface area (Å²) >= 11 is 7.32. The van der Waals surface area contributed by atoms with E-state index >= 15 is 0 Å². The number of nitrogens with one attached hydrogen (secondary N) is 2. The molecule has 1 aliphatic heterocycles. The first-order valence-electron chi connectivity index (χ1n) is 9.97. The van der Waals surface area contributed by atoms with Gasteiger partial charge in [0.25, 0.3) is 5.56 Å². The molecule has 2 aromatic carbocycles. The van der Waals surface area contributed by atoms with E-state index in [0.29, 0.717) is 27.3 Å². The van der Waals surface area contributed by atoms with Gasteiger partial charge in [0.2, 0.25) is 5.91 Å². The van der Waals surface area contributed by atoms with Crippen molar-refractivity contribution >= 4 is 35.1 Å². The summed E-state index contributed by atoms with van der Waals surface area (Å²) in [6.07, 6.45) is 0.266. The molecular weight excluding hydrogens is 434 g/mol. The number of carbonyl (C=O) groups excluding carboxylic acids is 1. The zero-order valence-electron chi connectivity index (χ0n) is 17.1. The summed E-state index contributed by atoms with van der Waals surface area (Å²) in [5, 5.41) is 3.89. The lowest BCUT2D eigenvalue weighted by atomic mass is 9.87. The van der Waals surface area contributed by atoms with Crippen LogP contribution < -0.4 is 15.6 Å². The lowest BCUT2D eigenvalue weighted by molar-refractivity contribution is -0.116. The van der Waals surface area contributed by atoms with E-state index in [0.717, 1.165) is 16.9 Å². The van der Waals surface area contributed by atoms with Gasteiger partial charge in [-0.3, -0.25) is 9.59 Å². The molecule has 1 aromatic heterocycles. The van der Waals surface area contributed by atoms with Crippen LogP contribution in [-0.4, -0.2) is 22.0 Å². The predicted octanol–water partition coefficient (Wildman–Crippen LogP) is 4.98. The SMILES string of the molecule is CC(C)Oc1ccc([C@@H]2CC(=O)Nc3nc(SCc4ccc(Cl)cc4)[nH]c(=O)c32)cc1. The number of aromatic nitrogens is 2. The fourth-order valence-corrected chi connectivity index (χ4v) is 4.43. The molecule has 6 nitrogen and oxygen atoms in total. The molecule has 0 saturated heterocycles. The number of thioether (sulfide) groups is 1. The van der Waals surface area contributed by atoms with E-state index in [1.807, 2.05) is 62.4 Å². The van der Waals surface area contributed by atoms with Gasteiger partial charge in [-0.05, 0) is 49.2 Å². The zero-order valence-corrected chi connectivity index (χ0v) is 18.7. The van der Waals surface area contributed by atoms with Crippen molar-refractivity contribution in [3.8, 4) is 5.75 Å². The van der Waals surface area contributed by atoms with Gasteiger partial charge in [0.05, 0.1) is 11.7 Å². The average molecular weight is 456 g/mol. The molecule has 4 rings (SSSR count). The number of halogens is 1. The highest BCUT2D eigenvalue weighted by Crippen LogP contribution is 2.35. The minimum Gasteiger partial charge on any atom is -0.491 e. The highest BCUT2D eigenvalue weighted by atomic mass is 35.5. The molecule has 8 heteroatoms. The van der Waals surface area contributed by atoms with Gasteiger partial charge in [0, 0.05) is 23.1 Å². The van der Waals surface area contributed by atoms with E-state index in [9.17, 15) is 9.59 Å². The number of H-pyrrole nitrogens is 1. The normalized spacial score (nSPS) is 15.5. The van der Waals surface area contributed by atoms with Crippen LogP contribution in [0.3, 0.4) is 0 Å². The van der Waals surface area contributed by atoms with Gasteiger partial charge in [-0.1, -0.05) is 47.6 Å². The number of benzene rings is 2. The molecule has 3 aromatic rings. The van der Waals surface area contributed by atoms with Crippen LogP contribution in [0.5, 0.6) is 5.75 Å². The topological polar surface area (TPSA) is 84.1 Å². The zero-order chi connectivity index (χ0) is 22.0. The molecule has 0 radical (unpaired) electrons. The second-order valence-electron chi connectivity index (χ2n) is 7.59. The first-order valence-corrected chi connectivity index (χ1v) is 11.3. The molecule has 0 spiro atoms. The number of ether oxygens (including phenoxy) is 1. The van der Waals surface area contributed by atoms with E-state index in [4.69, 9.17) is 16.3 Å². The third-order valence-electron chi connectivity index (χ3n) is 4.87. The molecule has 0 aliphatic carbocycles. The highest BCUT2D eigenvalue weighted by molar-refractivity contribution is 7.98. The van der Waals surface area contributed by atoms with E-state index in [2.05, 4.69) is 15.3 Å². The number of nitrogens with zero attached hydrogens (tertiary/aromatic N) is 1. The maximum Gasteiger partial charge on any atom is 0.257 e. The number of fused-ring (bicyclic) bond motifs is 1. The van der Waals surface area contributed by atoms with Crippen molar-refractivity contribution < 1.29 is 9.53 Å².